The minimum Gasteiger partial charge on any atom is -0.456 e. The number of rotatable bonds is 7. The number of hydrogen-bond acceptors (Lipinski definition) is 2. The van der Waals surface area contributed by atoms with E-state index in [1.165, 1.54) is 57.8 Å². The van der Waals surface area contributed by atoms with E-state index in [1.807, 2.05) is 0 Å². The summed E-state index contributed by atoms with van der Waals surface area (Å²) in [6.07, 6.45) is 14.4. The average molecular weight is 280 g/mol. The summed E-state index contributed by atoms with van der Waals surface area (Å²) in [4.78, 5) is 12.0. The van der Waals surface area contributed by atoms with Crippen LogP contribution in [-0.2, 0) is 9.53 Å². The minimum atomic E-state index is -0.204. The highest BCUT2D eigenvalue weighted by molar-refractivity contribution is 5.87. The van der Waals surface area contributed by atoms with Crippen molar-refractivity contribution in [3.05, 3.63) is 12.2 Å². The van der Waals surface area contributed by atoms with Crippen molar-refractivity contribution in [2.45, 2.75) is 96.5 Å². The zero-order chi connectivity index (χ0) is 14.8. The largest absolute Gasteiger partial charge is 0.456 e. The van der Waals surface area contributed by atoms with Crippen LogP contribution in [0.3, 0.4) is 0 Å². The number of carbonyl (C=O) groups excluding carboxylic acids is 1. The van der Waals surface area contributed by atoms with Crippen molar-refractivity contribution in [3.63, 3.8) is 0 Å². The lowest BCUT2D eigenvalue weighted by molar-refractivity contribution is -0.158. The molecule has 0 aromatic heterocycles. The van der Waals surface area contributed by atoms with E-state index in [9.17, 15) is 4.79 Å². The third kappa shape index (κ3) is 6.11. The van der Waals surface area contributed by atoms with Crippen molar-refractivity contribution in [1.82, 2.24) is 0 Å². The van der Waals surface area contributed by atoms with Crippen molar-refractivity contribution in [3.8, 4) is 0 Å². The maximum atomic E-state index is 12.0. The first-order valence-electron chi connectivity index (χ1n) is 8.48. The molecule has 0 aromatic carbocycles. The molecule has 0 amide bonds. The maximum absolute atomic E-state index is 12.0. The van der Waals surface area contributed by atoms with Crippen LogP contribution in [0.15, 0.2) is 12.2 Å². The predicted octanol–water partition coefficient (Wildman–Crippen LogP) is 5.56. The summed E-state index contributed by atoms with van der Waals surface area (Å²) in [5, 5.41) is 0. The lowest BCUT2D eigenvalue weighted by Gasteiger charge is -2.35. The van der Waals surface area contributed by atoms with E-state index in [0.29, 0.717) is 5.57 Å². The molecule has 1 fully saturated rings. The Kier molecular flexibility index (Phi) is 7.94. The van der Waals surface area contributed by atoms with Gasteiger partial charge in [0, 0.05) is 5.57 Å². The highest BCUT2D eigenvalue weighted by Gasteiger charge is 2.33. The molecule has 0 bridgehead atoms. The maximum Gasteiger partial charge on any atom is 0.333 e. The monoisotopic (exact) mass is 280 g/mol. The standard InChI is InChI=1S/C18H32O2/c1-4-5-6-10-13-18(20-17(19)16(2)3)14-11-8-7-9-12-15-18/h2,4-15H2,1,3H3. The Bertz CT molecular complexity index is 299. The van der Waals surface area contributed by atoms with E-state index < -0.39 is 0 Å². The number of esters is 1. The Morgan fingerprint density at radius 1 is 1.05 bits per heavy atom. The molecule has 0 saturated heterocycles. The van der Waals surface area contributed by atoms with Gasteiger partial charge in [-0.25, -0.2) is 4.79 Å². The number of carbonyl (C=O) groups is 1. The molecule has 0 N–H and O–H groups in total. The van der Waals surface area contributed by atoms with Crippen molar-refractivity contribution in [2.24, 2.45) is 0 Å². The zero-order valence-electron chi connectivity index (χ0n) is 13.5. The van der Waals surface area contributed by atoms with Crippen molar-refractivity contribution >= 4 is 5.97 Å². The SMILES string of the molecule is C=C(C)C(=O)OC1(CCCCCC)CCCCCCC1. The summed E-state index contributed by atoms with van der Waals surface area (Å²) in [7, 11) is 0. The zero-order valence-corrected chi connectivity index (χ0v) is 13.5. The summed E-state index contributed by atoms with van der Waals surface area (Å²) in [5.74, 6) is -0.193. The van der Waals surface area contributed by atoms with Gasteiger partial charge in [0.25, 0.3) is 0 Å². The molecule has 1 rings (SSSR count). The van der Waals surface area contributed by atoms with Crippen molar-refractivity contribution in [2.75, 3.05) is 0 Å². The number of unbranched alkanes of at least 4 members (excludes halogenated alkanes) is 3. The fraction of sp³-hybridized carbons (Fsp3) is 0.833. The molecule has 0 unspecified atom stereocenters. The van der Waals surface area contributed by atoms with Crippen LogP contribution in [0.5, 0.6) is 0 Å². The summed E-state index contributed by atoms with van der Waals surface area (Å²) in [5.41, 5.74) is 0.324. The summed E-state index contributed by atoms with van der Waals surface area (Å²) >= 11 is 0. The molecule has 116 valence electrons. The Morgan fingerprint density at radius 3 is 2.20 bits per heavy atom. The van der Waals surface area contributed by atoms with Crippen LogP contribution in [0, 0.1) is 0 Å². The molecule has 1 saturated carbocycles. The van der Waals surface area contributed by atoms with E-state index >= 15 is 0 Å². The first-order valence-corrected chi connectivity index (χ1v) is 8.48. The van der Waals surface area contributed by atoms with Crippen LogP contribution in [-0.4, -0.2) is 11.6 Å². The molecular weight excluding hydrogens is 248 g/mol. The molecule has 0 heterocycles. The lowest BCUT2D eigenvalue weighted by atomic mass is 9.82. The Morgan fingerprint density at radius 2 is 1.65 bits per heavy atom. The Labute approximate surface area is 125 Å². The molecule has 0 radical (unpaired) electrons. The lowest BCUT2D eigenvalue weighted by Crippen LogP contribution is -2.36. The molecule has 0 spiro atoms. The van der Waals surface area contributed by atoms with Gasteiger partial charge in [-0.2, -0.15) is 0 Å². The number of ether oxygens (including phenoxy) is 1. The third-order valence-corrected chi connectivity index (χ3v) is 4.41. The molecule has 0 atom stereocenters. The highest BCUT2D eigenvalue weighted by atomic mass is 16.6. The van der Waals surface area contributed by atoms with Crippen LogP contribution in [0.25, 0.3) is 0 Å². The van der Waals surface area contributed by atoms with Gasteiger partial charge in [-0.05, 0) is 45.4 Å². The molecule has 0 aromatic rings. The van der Waals surface area contributed by atoms with E-state index in [1.54, 1.807) is 6.92 Å². The summed E-state index contributed by atoms with van der Waals surface area (Å²) < 4.78 is 5.92. The van der Waals surface area contributed by atoms with E-state index in [-0.39, 0.29) is 11.6 Å². The van der Waals surface area contributed by atoms with E-state index in [0.717, 1.165) is 19.3 Å². The molecule has 1 aliphatic rings. The molecule has 0 aliphatic heterocycles. The predicted molar refractivity (Wildman–Crippen MR) is 84.7 cm³/mol. The quantitative estimate of drug-likeness (QED) is 0.347. The Balaban J connectivity index is 2.63. The van der Waals surface area contributed by atoms with Gasteiger partial charge >= 0.3 is 5.97 Å². The average Bonchev–Trinajstić information content (AvgIpc) is 2.39. The topological polar surface area (TPSA) is 26.3 Å². The van der Waals surface area contributed by atoms with Crippen molar-refractivity contribution in [1.29, 1.82) is 0 Å². The van der Waals surface area contributed by atoms with Crippen molar-refractivity contribution < 1.29 is 9.53 Å². The third-order valence-electron chi connectivity index (χ3n) is 4.41. The minimum absolute atomic E-state index is 0.193. The smallest absolute Gasteiger partial charge is 0.333 e. The number of hydrogen-bond donors (Lipinski definition) is 0. The van der Waals surface area contributed by atoms with Gasteiger partial charge < -0.3 is 4.74 Å². The second kappa shape index (κ2) is 9.20. The molecule has 1 aliphatic carbocycles. The molecular formula is C18H32O2. The van der Waals surface area contributed by atoms with Gasteiger partial charge in [0.2, 0.25) is 0 Å². The highest BCUT2D eigenvalue weighted by Crippen LogP contribution is 2.35. The van der Waals surface area contributed by atoms with Gasteiger partial charge in [-0.1, -0.05) is 52.0 Å². The van der Waals surface area contributed by atoms with Crippen LogP contribution >= 0.6 is 0 Å². The summed E-state index contributed by atoms with van der Waals surface area (Å²) in [6, 6.07) is 0. The van der Waals surface area contributed by atoms with Crippen LogP contribution < -0.4 is 0 Å². The van der Waals surface area contributed by atoms with Gasteiger partial charge in [0.1, 0.15) is 5.60 Å². The second-order valence-corrected chi connectivity index (χ2v) is 6.43. The van der Waals surface area contributed by atoms with Gasteiger partial charge in [0.05, 0.1) is 0 Å². The van der Waals surface area contributed by atoms with Gasteiger partial charge in [0.15, 0.2) is 0 Å². The van der Waals surface area contributed by atoms with E-state index in [2.05, 4.69) is 13.5 Å². The van der Waals surface area contributed by atoms with Crippen LogP contribution in [0.2, 0.25) is 0 Å². The molecule has 20 heavy (non-hydrogen) atoms. The van der Waals surface area contributed by atoms with Crippen LogP contribution in [0.1, 0.15) is 90.9 Å². The first kappa shape index (κ1) is 17.3. The second-order valence-electron chi connectivity index (χ2n) is 6.43. The fourth-order valence-corrected chi connectivity index (χ4v) is 3.11. The van der Waals surface area contributed by atoms with E-state index in [4.69, 9.17) is 4.74 Å². The van der Waals surface area contributed by atoms with Crippen LogP contribution in [0.4, 0.5) is 0 Å². The Hall–Kier alpha value is -0.790. The fourth-order valence-electron chi connectivity index (χ4n) is 3.11. The molecule has 2 heteroatoms. The van der Waals surface area contributed by atoms with Gasteiger partial charge in [-0.15, -0.1) is 0 Å². The molecule has 2 nitrogen and oxygen atoms in total. The first-order chi connectivity index (χ1) is 9.59. The summed E-state index contributed by atoms with van der Waals surface area (Å²) in [6.45, 7) is 7.70. The van der Waals surface area contributed by atoms with Gasteiger partial charge in [-0.3, -0.25) is 0 Å². The normalized spacial score (nSPS) is 18.9.